The van der Waals surface area contributed by atoms with Crippen LogP contribution in [-0.2, 0) is 29.4 Å². The van der Waals surface area contributed by atoms with Crippen molar-refractivity contribution in [2.45, 2.75) is 31.3 Å². The highest BCUT2D eigenvalue weighted by atomic mass is 32.2. The third kappa shape index (κ3) is 4.53. The molecule has 0 fully saturated rings. The summed E-state index contributed by atoms with van der Waals surface area (Å²) in [7, 11) is 3.28. The van der Waals surface area contributed by atoms with Crippen LogP contribution in [0.5, 0.6) is 0 Å². The number of esters is 1. The first kappa shape index (κ1) is 23.8. The summed E-state index contributed by atoms with van der Waals surface area (Å²) < 4.78 is 6.89. The number of hydrogen-bond donors (Lipinski definition) is 1. The summed E-state index contributed by atoms with van der Waals surface area (Å²) in [6, 6.07) is 10.3. The molecular weight excluding hydrogens is 501 g/mol. The maximum atomic E-state index is 12.8. The molecule has 7 nitrogen and oxygen atoms in total. The second-order valence-corrected chi connectivity index (χ2v) is 11.3. The Bertz CT molecular complexity index is 1400. The Morgan fingerprint density at radius 2 is 2.00 bits per heavy atom. The number of ether oxygens (including phenoxy) is 1. The Kier molecular flexibility index (Phi) is 6.77. The number of hydrogen-bond acceptors (Lipinski definition) is 8. The number of thiophene rings is 2. The Hall–Kier alpha value is -2.95. The van der Waals surface area contributed by atoms with Gasteiger partial charge in [-0.15, -0.1) is 32.9 Å². The maximum absolute atomic E-state index is 12.8. The van der Waals surface area contributed by atoms with Crippen molar-refractivity contribution in [1.29, 1.82) is 0 Å². The van der Waals surface area contributed by atoms with Gasteiger partial charge in [-0.2, -0.15) is 0 Å². The molecule has 0 aliphatic heterocycles. The van der Waals surface area contributed by atoms with E-state index in [1.807, 2.05) is 29.8 Å². The number of aromatic nitrogens is 3. The Labute approximate surface area is 215 Å². The predicted molar refractivity (Wildman–Crippen MR) is 142 cm³/mol. The van der Waals surface area contributed by atoms with E-state index in [-0.39, 0.29) is 11.7 Å². The number of benzene rings is 1. The molecule has 0 radical (unpaired) electrons. The summed E-state index contributed by atoms with van der Waals surface area (Å²) in [5, 5.41) is 15.0. The number of carbonyl (C=O) groups excluding carboxylic acids is 2. The second kappa shape index (κ2) is 9.96. The van der Waals surface area contributed by atoms with Gasteiger partial charge < -0.3 is 14.6 Å². The lowest BCUT2D eigenvalue weighted by Crippen LogP contribution is -2.16. The van der Waals surface area contributed by atoms with E-state index in [0.717, 1.165) is 52.2 Å². The molecule has 4 aromatic rings. The van der Waals surface area contributed by atoms with Gasteiger partial charge in [0.15, 0.2) is 11.0 Å². The van der Waals surface area contributed by atoms with Crippen molar-refractivity contribution >= 4 is 51.3 Å². The molecule has 0 bridgehead atoms. The molecule has 1 aromatic carbocycles. The minimum Gasteiger partial charge on any atom is -0.465 e. The number of fused-ring (bicyclic) bond motifs is 1. The van der Waals surface area contributed by atoms with Gasteiger partial charge >= 0.3 is 5.97 Å². The molecule has 0 saturated carbocycles. The molecule has 3 aromatic heterocycles. The molecule has 1 N–H and O–H groups in total. The number of rotatable bonds is 7. The number of thioether (sulfide) groups is 1. The molecule has 35 heavy (non-hydrogen) atoms. The van der Waals surface area contributed by atoms with Gasteiger partial charge in [0.25, 0.3) is 0 Å². The van der Waals surface area contributed by atoms with Crippen LogP contribution in [0.25, 0.3) is 22.5 Å². The van der Waals surface area contributed by atoms with Crippen LogP contribution < -0.4 is 5.32 Å². The van der Waals surface area contributed by atoms with Crippen molar-refractivity contribution in [3.63, 3.8) is 0 Å². The van der Waals surface area contributed by atoms with Crippen LogP contribution in [0, 0.1) is 6.92 Å². The van der Waals surface area contributed by atoms with E-state index in [1.54, 1.807) is 11.3 Å². The summed E-state index contributed by atoms with van der Waals surface area (Å²) in [5.41, 5.74) is 4.85. The van der Waals surface area contributed by atoms with Crippen LogP contribution in [0.4, 0.5) is 5.00 Å². The summed E-state index contributed by atoms with van der Waals surface area (Å²) in [4.78, 5) is 27.5. The summed E-state index contributed by atoms with van der Waals surface area (Å²) >= 11 is 4.48. The molecule has 5 rings (SSSR count). The molecule has 1 aliphatic carbocycles. The zero-order chi connectivity index (χ0) is 24.5. The van der Waals surface area contributed by atoms with Crippen molar-refractivity contribution in [2.24, 2.45) is 7.05 Å². The molecule has 180 valence electrons. The van der Waals surface area contributed by atoms with Crippen LogP contribution in [0.15, 0.2) is 40.9 Å². The molecule has 0 unspecified atom stereocenters. The molecule has 1 aliphatic rings. The lowest BCUT2D eigenvalue weighted by molar-refractivity contribution is -0.113. The van der Waals surface area contributed by atoms with E-state index in [9.17, 15) is 9.59 Å². The smallest absolute Gasteiger partial charge is 0.341 e. The van der Waals surface area contributed by atoms with Gasteiger partial charge in [-0.1, -0.05) is 42.1 Å². The first-order valence-corrected chi connectivity index (χ1v) is 13.8. The number of anilines is 1. The Morgan fingerprint density at radius 3 is 2.77 bits per heavy atom. The Morgan fingerprint density at radius 1 is 1.20 bits per heavy atom. The number of nitrogens with zero attached hydrogens (tertiary/aromatic N) is 3. The van der Waals surface area contributed by atoms with Gasteiger partial charge in [0.2, 0.25) is 5.91 Å². The highest BCUT2D eigenvalue weighted by Gasteiger charge is 2.28. The van der Waals surface area contributed by atoms with E-state index < -0.39 is 5.97 Å². The fourth-order valence-corrected chi connectivity index (χ4v) is 7.23. The van der Waals surface area contributed by atoms with Crippen molar-refractivity contribution in [3.8, 4) is 22.5 Å². The van der Waals surface area contributed by atoms with Gasteiger partial charge in [0, 0.05) is 33.3 Å². The van der Waals surface area contributed by atoms with Gasteiger partial charge in [0.05, 0.1) is 18.4 Å². The molecule has 0 saturated heterocycles. The topological polar surface area (TPSA) is 86.1 Å². The molecule has 0 spiro atoms. The fraction of sp³-hybridized carbons (Fsp3) is 0.280. The monoisotopic (exact) mass is 524 g/mol. The van der Waals surface area contributed by atoms with E-state index in [1.165, 1.54) is 35.1 Å². The average Bonchev–Trinajstić information content (AvgIpc) is 3.62. The first-order valence-electron chi connectivity index (χ1n) is 11.2. The van der Waals surface area contributed by atoms with Gasteiger partial charge in [0.1, 0.15) is 5.00 Å². The lowest BCUT2D eigenvalue weighted by Gasteiger charge is -2.08. The summed E-state index contributed by atoms with van der Waals surface area (Å²) in [5.74, 6) is 0.328. The van der Waals surface area contributed by atoms with E-state index in [4.69, 9.17) is 4.74 Å². The molecule has 10 heteroatoms. The van der Waals surface area contributed by atoms with Crippen molar-refractivity contribution in [2.75, 3.05) is 18.2 Å². The largest absolute Gasteiger partial charge is 0.465 e. The number of aryl methyl sites for hydroxylation is 2. The molecule has 3 heterocycles. The van der Waals surface area contributed by atoms with Crippen LogP contribution in [0.1, 0.15) is 32.1 Å². The van der Waals surface area contributed by atoms with Crippen molar-refractivity contribution < 1.29 is 14.3 Å². The van der Waals surface area contributed by atoms with Gasteiger partial charge in [-0.25, -0.2) is 4.79 Å². The highest BCUT2D eigenvalue weighted by Crippen LogP contribution is 2.40. The van der Waals surface area contributed by atoms with E-state index >= 15 is 0 Å². The third-order valence-electron chi connectivity index (χ3n) is 6.01. The summed E-state index contributed by atoms with van der Waals surface area (Å²) in [6.07, 6.45) is 2.80. The average molecular weight is 525 g/mol. The van der Waals surface area contributed by atoms with Crippen LogP contribution >= 0.6 is 34.4 Å². The van der Waals surface area contributed by atoms with Crippen LogP contribution in [0.2, 0.25) is 0 Å². The standard InChI is InChI=1S/C25H24N4O3S3/c1-14-20(15-8-5-4-6-9-15)17(12-33-14)22-27-28-25(29(22)2)34-13-19(30)26-23-21(24(31)32-3)16-10-7-11-18(16)35-23/h4-6,8-9,12H,7,10-11,13H2,1-3H3,(H,26,30). The highest BCUT2D eigenvalue weighted by molar-refractivity contribution is 7.99. The minimum absolute atomic E-state index is 0.156. The molecule has 1 amide bonds. The van der Waals surface area contributed by atoms with Crippen LogP contribution in [-0.4, -0.2) is 39.5 Å². The number of nitrogens with one attached hydrogen (secondary N) is 1. The third-order valence-corrected chi connectivity index (χ3v) is 9.15. The van der Waals surface area contributed by atoms with Crippen LogP contribution in [0.3, 0.4) is 0 Å². The van der Waals surface area contributed by atoms with E-state index in [0.29, 0.717) is 15.7 Å². The second-order valence-electron chi connectivity index (χ2n) is 8.20. The zero-order valence-electron chi connectivity index (χ0n) is 19.6. The van der Waals surface area contributed by atoms with Gasteiger partial charge in [-0.3, -0.25) is 4.79 Å². The Balaban J connectivity index is 1.32. The normalized spacial score (nSPS) is 12.5. The van der Waals surface area contributed by atoms with Crippen molar-refractivity contribution in [1.82, 2.24) is 14.8 Å². The quantitative estimate of drug-likeness (QED) is 0.251. The lowest BCUT2D eigenvalue weighted by atomic mass is 10.0. The summed E-state index contributed by atoms with van der Waals surface area (Å²) in [6.45, 7) is 2.11. The molecular formula is C25H24N4O3S3. The van der Waals surface area contributed by atoms with Gasteiger partial charge in [-0.05, 0) is 37.3 Å². The zero-order valence-corrected chi connectivity index (χ0v) is 22.0. The predicted octanol–water partition coefficient (Wildman–Crippen LogP) is 5.59. The maximum Gasteiger partial charge on any atom is 0.341 e. The number of amides is 1. The number of methoxy groups -OCH3 is 1. The van der Waals surface area contributed by atoms with Crippen molar-refractivity contribution in [3.05, 3.63) is 56.6 Å². The first-order chi connectivity index (χ1) is 17.0. The fourth-order valence-electron chi connectivity index (χ4n) is 4.36. The van der Waals surface area contributed by atoms with E-state index in [2.05, 4.69) is 40.0 Å². The minimum atomic E-state index is -0.398. The number of carbonyl (C=O) groups is 2. The SMILES string of the molecule is COC(=O)c1c(NC(=O)CSc2nnc(-c3csc(C)c3-c3ccccc3)n2C)sc2c1CCC2. The molecule has 0 atom stereocenters.